The quantitative estimate of drug-likeness (QED) is 0.449. The summed E-state index contributed by atoms with van der Waals surface area (Å²) >= 11 is 1.87. The number of fused-ring (bicyclic) bond motifs is 2. The van der Waals surface area contributed by atoms with E-state index in [0.29, 0.717) is 25.0 Å². The van der Waals surface area contributed by atoms with Crippen LogP contribution >= 0.6 is 11.3 Å². The molecule has 2 aliphatic heterocycles. The lowest BCUT2D eigenvalue weighted by atomic mass is 9.93. The van der Waals surface area contributed by atoms with E-state index in [4.69, 9.17) is 4.74 Å². The highest BCUT2D eigenvalue weighted by molar-refractivity contribution is 7.18. The van der Waals surface area contributed by atoms with Gasteiger partial charge >= 0.3 is 0 Å². The molecule has 0 aromatic carbocycles. The number of nitrogens with one attached hydrogen (secondary N) is 2. The molecule has 4 aromatic rings. The van der Waals surface area contributed by atoms with Gasteiger partial charge in [0.15, 0.2) is 5.65 Å². The molecule has 1 amide bonds. The number of morpholine rings is 1. The van der Waals surface area contributed by atoms with Crippen LogP contribution in [0.5, 0.6) is 0 Å². The van der Waals surface area contributed by atoms with Crippen LogP contribution in [-0.2, 0) is 9.53 Å². The number of carbonyl (C=O) groups excluding carboxylic acids is 1. The van der Waals surface area contributed by atoms with Gasteiger partial charge in [-0.15, -0.1) is 11.3 Å². The second-order valence-electron chi connectivity index (χ2n) is 10.1. The molecule has 0 bridgehead atoms. The van der Waals surface area contributed by atoms with Crippen molar-refractivity contribution in [3.63, 3.8) is 0 Å². The van der Waals surface area contributed by atoms with Crippen LogP contribution < -0.4 is 5.32 Å². The Morgan fingerprint density at radius 3 is 2.83 bits per heavy atom. The van der Waals surface area contributed by atoms with Crippen molar-refractivity contribution in [3.8, 4) is 11.3 Å². The van der Waals surface area contributed by atoms with E-state index >= 15 is 0 Å². The molecule has 2 saturated heterocycles. The summed E-state index contributed by atoms with van der Waals surface area (Å²) in [5.41, 5.74) is 5.69. The normalized spacial score (nSPS) is 19.9. The number of carbonyl (C=O) groups is 1. The molecule has 4 aromatic heterocycles. The lowest BCUT2D eigenvalue weighted by Crippen LogP contribution is -2.53. The molecule has 2 aliphatic rings. The Hall–Kier alpha value is -2.75. The number of likely N-dealkylation sites (tertiary alicyclic amines) is 1. The van der Waals surface area contributed by atoms with Gasteiger partial charge in [0.2, 0.25) is 5.91 Å². The maximum absolute atomic E-state index is 12.8. The summed E-state index contributed by atoms with van der Waals surface area (Å²) in [6, 6.07) is 4.41. The van der Waals surface area contributed by atoms with Gasteiger partial charge in [-0.05, 0) is 54.9 Å². The fourth-order valence-electron chi connectivity index (χ4n) is 5.61. The monoisotopic (exact) mass is 492 g/mol. The molecule has 0 spiro atoms. The molecule has 0 saturated carbocycles. The summed E-state index contributed by atoms with van der Waals surface area (Å²) in [5, 5.41) is 8.98. The first kappa shape index (κ1) is 22.7. The van der Waals surface area contributed by atoms with Crippen molar-refractivity contribution >= 4 is 33.1 Å². The fraction of sp³-hybridized carbons (Fsp3) is 0.500. The van der Waals surface area contributed by atoms with Gasteiger partial charge in [0.1, 0.15) is 17.2 Å². The average molecular weight is 493 g/mol. The van der Waals surface area contributed by atoms with E-state index < -0.39 is 0 Å². The summed E-state index contributed by atoms with van der Waals surface area (Å²) in [4.78, 5) is 25.6. The second kappa shape index (κ2) is 9.04. The summed E-state index contributed by atoms with van der Waals surface area (Å²) in [6.07, 6.45) is 5.69. The van der Waals surface area contributed by atoms with E-state index in [0.717, 1.165) is 49.2 Å². The van der Waals surface area contributed by atoms with Crippen molar-refractivity contribution in [2.45, 2.75) is 51.5 Å². The van der Waals surface area contributed by atoms with E-state index in [9.17, 15) is 4.79 Å². The molecule has 1 atom stereocenters. The Kier molecular flexibility index (Phi) is 5.86. The third-order valence-corrected chi connectivity index (χ3v) is 8.62. The summed E-state index contributed by atoms with van der Waals surface area (Å²) in [7, 11) is 0. The highest BCUT2D eigenvalue weighted by Crippen LogP contribution is 2.43. The van der Waals surface area contributed by atoms with Crippen molar-refractivity contribution in [1.82, 2.24) is 29.8 Å². The molecule has 2 fully saturated rings. The number of pyridine rings is 1. The molecule has 2 N–H and O–H groups in total. The average Bonchev–Trinajstić information content (AvgIpc) is 3.58. The summed E-state index contributed by atoms with van der Waals surface area (Å²) < 4.78 is 7.35. The van der Waals surface area contributed by atoms with Gasteiger partial charge in [0.05, 0.1) is 18.9 Å². The van der Waals surface area contributed by atoms with Crippen LogP contribution in [0.4, 0.5) is 0 Å². The SMILES string of the molecule is Cc1cc(-c2[nH]c3sc(C4CCN(C(=O)[C@H]5COCCN5)CC4)cc3c2C(C)C)cn2ncnc12. The van der Waals surface area contributed by atoms with E-state index in [1.807, 2.05) is 20.8 Å². The van der Waals surface area contributed by atoms with Crippen LogP contribution in [0.2, 0.25) is 0 Å². The number of aromatic nitrogens is 4. The molecule has 0 unspecified atom stereocenters. The number of amides is 1. The van der Waals surface area contributed by atoms with Gasteiger partial charge in [-0.1, -0.05) is 13.8 Å². The third kappa shape index (κ3) is 4.05. The lowest BCUT2D eigenvalue weighted by Gasteiger charge is -2.35. The molecular formula is C26H32N6O2S. The minimum Gasteiger partial charge on any atom is -0.378 e. The smallest absolute Gasteiger partial charge is 0.242 e. The number of H-pyrrole nitrogens is 1. The van der Waals surface area contributed by atoms with Crippen LogP contribution in [0.3, 0.4) is 0 Å². The minimum atomic E-state index is -0.187. The van der Waals surface area contributed by atoms with Crippen LogP contribution in [-0.4, -0.2) is 69.3 Å². The molecule has 0 aliphatic carbocycles. The van der Waals surface area contributed by atoms with Gasteiger partial charge in [0.25, 0.3) is 0 Å². The van der Waals surface area contributed by atoms with Gasteiger partial charge in [-0.25, -0.2) is 9.50 Å². The molecular weight excluding hydrogens is 460 g/mol. The Morgan fingerprint density at radius 1 is 1.26 bits per heavy atom. The fourth-order valence-corrected chi connectivity index (χ4v) is 6.85. The number of hydrogen-bond donors (Lipinski definition) is 2. The number of thiophene rings is 1. The van der Waals surface area contributed by atoms with Gasteiger partial charge < -0.3 is 19.9 Å². The second-order valence-corrected chi connectivity index (χ2v) is 11.2. The lowest BCUT2D eigenvalue weighted by molar-refractivity contribution is -0.137. The molecule has 35 heavy (non-hydrogen) atoms. The number of ether oxygens (including phenoxy) is 1. The first-order valence-electron chi connectivity index (χ1n) is 12.5. The Balaban J connectivity index is 1.24. The maximum Gasteiger partial charge on any atom is 0.242 e. The zero-order valence-electron chi connectivity index (χ0n) is 20.5. The largest absolute Gasteiger partial charge is 0.378 e. The highest BCUT2D eigenvalue weighted by atomic mass is 32.1. The number of nitrogens with zero attached hydrogens (tertiary/aromatic N) is 4. The first-order valence-corrected chi connectivity index (χ1v) is 13.4. The predicted molar refractivity (Wildman–Crippen MR) is 138 cm³/mol. The number of piperidine rings is 1. The standard InChI is InChI=1S/C26H32N6O2S/c1-15(2)22-19-11-21(17-4-7-31(8-5-17)26(33)20-13-34-9-6-27-20)35-25(19)30-23(22)18-10-16(3)24-28-14-29-32(24)12-18/h10-12,14-15,17,20,27,30H,4-9,13H2,1-3H3/t20-/m1/s1. The van der Waals surface area contributed by atoms with E-state index in [2.05, 4.69) is 59.5 Å². The van der Waals surface area contributed by atoms with Crippen LogP contribution in [0.25, 0.3) is 27.1 Å². The molecule has 9 heteroatoms. The van der Waals surface area contributed by atoms with Crippen molar-refractivity contribution in [1.29, 1.82) is 0 Å². The zero-order valence-corrected chi connectivity index (χ0v) is 21.3. The van der Waals surface area contributed by atoms with Crippen LogP contribution in [0.15, 0.2) is 24.7 Å². The zero-order chi connectivity index (χ0) is 24.1. The van der Waals surface area contributed by atoms with Crippen LogP contribution in [0, 0.1) is 6.92 Å². The molecule has 6 rings (SSSR count). The van der Waals surface area contributed by atoms with Gasteiger partial charge in [-0.3, -0.25) is 4.79 Å². The summed E-state index contributed by atoms with van der Waals surface area (Å²) in [6.45, 7) is 10.2. The van der Waals surface area contributed by atoms with E-state index in [1.54, 1.807) is 6.33 Å². The van der Waals surface area contributed by atoms with E-state index in [1.165, 1.54) is 26.4 Å². The Labute approximate surface area is 208 Å². The van der Waals surface area contributed by atoms with Crippen molar-refractivity contribution < 1.29 is 9.53 Å². The molecule has 184 valence electrons. The van der Waals surface area contributed by atoms with Gasteiger partial charge in [-0.2, -0.15) is 5.10 Å². The molecule has 8 nitrogen and oxygen atoms in total. The van der Waals surface area contributed by atoms with Crippen molar-refractivity contribution in [2.24, 2.45) is 0 Å². The topological polar surface area (TPSA) is 87.5 Å². The number of rotatable bonds is 4. The number of aryl methyl sites for hydroxylation is 1. The Bertz CT molecular complexity index is 1370. The maximum atomic E-state index is 12.8. The van der Waals surface area contributed by atoms with Gasteiger partial charge in [0, 0.05) is 41.7 Å². The molecule has 0 radical (unpaired) electrons. The minimum absolute atomic E-state index is 0.187. The first-order chi connectivity index (χ1) is 17.0. The van der Waals surface area contributed by atoms with Crippen LogP contribution in [0.1, 0.15) is 54.5 Å². The van der Waals surface area contributed by atoms with E-state index in [-0.39, 0.29) is 11.9 Å². The molecule has 6 heterocycles. The summed E-state index contributed by atoms with van der Waals surface area (Å²) in [5.74, 6) is 1.07. The highest BCUT2D eigenvalue weighted by Gasteiger charge is 2.31. The van der Waals surface area contributed by atoms with Crippen molar-refractivity contribution in [2.75, 3.05) is 32.8 Å². The number of aromatic amines is 1. The predicted octanol–water partition coefficient (Wildman–Crippen LogP) is 4.07. The number of hydrogen-bond acceptors (Lipinski definition) is 6. The Morgan fingerprint density at radius 2 is 2.09 bits per heavy atom. The third-order valence-electron chi connectivity index (χ3n) is 7.40. The van der Waals surface area contributed by atoms with Crippen molar-refractivity contribution in [3.05, 3.63) is 40.7 Å².